The molecule has 2 amide bonds. The van der Waals surface area contributed by atoms with Gasteiger partial charge in [0.1, 0.15) is 11.5 Å². The van der Waals surface area contributed by atoms with Crippen molar-refractivity contribution in [1.29, 1.82) is 0 Å². The Morgan fingerprint density at radius 1 is 1.41 bits per heavy atom. The van der Waals surface area contributed by atoms with Crippen LogP contribution >= 0.6 is 0 Å². The fourth-order valence-corrected chi connectivity index (χ4v) is 2.92. The number of furan rings is 1. The smallest absolute Gasteiger partial charge is 0.257 e. The zero-order valence-electron chi connectivity index (χ0n) is 13.8. The molecule has 0 aromatic carbocycles. The molecule has 5 nitrogen and oxygen atoms in total. The predicted octanol–water partition coefficient (Wildman–Crippen LogP) is 2.66. The lowest BCUT2D eigenvalue weighted by Gasteiger charge is -2.32. The van der Waals surface area contributed by atoms with E-state index in [0.29, 0.717) is 24.4 Å². The first-order valence-electron chi connectivity index (χ1n) is 8.17. The summed E-state index contributed by atoms with van der Waals surface area (Å²) >= 11 is 0. The SMILES string of the molecule is CCCCNC(=O)C1CCCN(C(=O)c2cc(C)oc2C)C1. The van der Waals surface area contributed by atoms with Crippen molar-refractivity contribution in [3.63, 3.8) is 0 Å². The minimum atomic E-state index is -0.0946. The lowest BCUT2D eigenvalue weighted by Crippen LogP contribution is -2.45. The first-order chi connectivity index (χ1) is 10.5. The van der Waals surface area contributed by atoms with Crippen LogP contribution in [0.3, 0.4) is 0 Å². The van der Waals surface area contributed by atoms with Gasteiger partial charge in [-0.2, -0.15) is 0 Å². The van der Waals surface area contributed by atoms with E-state index in [9.17, 15) is 9.59 Å². The Morgan fingerprint density at radius 2 is 2.18 bits per heavy atom. The summed E-state index contributed by atoms with van der Waals surface area (Å²) in [6, 6.07) is 1.78. The number of piperidine rings is 1. The van der Waals surface area contributed by atoms with Gasteiger partial charge in [-0.25, -0.2) is 0 Å². The molecule has 1 aromatic heterocycles. The van der Waals surface area contributed by atoms with E-state index >= 15 is 0 Å². The number of nitrogens with zero attached hydrogens (tertiary/aromatic N) is 1. The second-order valence-electron chi connectivity index (χ2n) is 6.06. The molecule has 22 heavy (non-hydrogen) atoms. The molecule has 1 atom stereocenters. The molecule has 0 radical (unpaired) electrons. The molecule has 1 fully saturated rings. The molecule has 0 bridgehead atoms. The molecule has 1 aliphatic heterocycles. The van der Waals surface area contributed by atoms with E-state index < -0.39 is 0 Å². The zero-order chi connectivity index (χ0) is 16.1. The first-order valence-corrected chi connectivity index (χ1v) is 8.17. The molecular formula is C17H26N2O3. The van der Waals surface area contributed by atoms with Gasteiger partial charge in [0.2, 0.25) is 5.91 Å². The van der Waals surface area contributed by atoms with Gasteiger partial charge in [-0.1, -0.05) is 13.3 Å². The number of rotatable bonds is 5. The minimum Gasteiger partial charge on any atom is -0.466 e. The van der Waals surface area contributed by atoms with E-state index in [0.717, 1.165) is 38.0 Å². The Morgan fingerprint density at radius 3 is 2.82 bits per heavy atom. The fourth-order valence-electron chi connectivity index (χ4n) is 2.92. The summed E-state index contributed by atoms with van der Waals surface area (Å²) in [6.45, 7) is 7.67. The van der Waals surface area contributed by atoms with Crippen molar-refractivity contribution in [2.24, 2.45) is 5.92 Å². The van der Waals surface area contributed by atoms with Crippen LogP contribution in [0.25, 0.3) is 0 Å². The largest absolute Gasteiger partial charge is 0.466 e. The Kier molecular flexibility index (Phi) is 5.63. The molecule has 2 heterocycles. The Balaban J connectivity index is 1.96. The summed E-state index contributed by atoms with van der Waals surface area (Å²) in [4.78, 5) is 26.6. The van der Waals surface area contributed by atoms with Gasteiger partial charge < -0.3 is 14.6 Å². The number of aryl methyl sites for hydroxylation is 2. The van der Waals surface area contributed by atoms with Gasteiger partial charge >= 0.3 is 0 Å². The van der Waals surface area contributed by atoms with Crippen molar-refractivity contribution in [3.8, 4) is 0 Å². The third-order valence-electron chi connectivity index (χ3n) is 4.18. The van der Waals surface area contributed by atoms with Crippen LogP contribution in [-0.2, 0) is 4.79 Å². The summed E-state index contributed by atoms with van der Waals surface area (Å²) in [5, 5.41) is 2.97. The standard InChI is InChI=1S/C17H26N2O3/c1-4-5-8-18-16(20)14-7-6-9-19(11-14)17(21)15-10-12(2)22-13(15)3/h10,14H,4-9,11H2,1-3H3,(H,18,20). The molecule has 1 unspecified atom stereocenters. The van der Waals surface area contributed by atoms with E-state index in [2.05, 4.69) is 12.2 Å². The molecule has 2 rings (SSSR count). The van der Waals surface area contributed by atoms with Crippen molar-refractivity contribution < 1.29 is 14.0 Å². The van der Waals surface area contributed by atoms with Gasteiger partial charge in [0, 0.05) is 19.6 Å². The van der Waals surface area contributed by atoms with Gasteiger partial charge in [0.25, 0.3) is 5.91 Å². The van der Waals surface area contributed by atoms with Gasteiger partial charge in [-0.05, 0) is 39.2 Å². The molecule has 1 aliphatic rings. The second kappa shape index (κ2) is 7.47. The number of nitrogens with one attached hydrogen (secondary N) is 1. The van der Waals surface area contributed by atoms with Crippen LogP contribution in [0, 0.1) is 19.8 Å². The molecular weight excluding hydrogens is 280 g/mol. The summed E-state index contributed by atoms with van der Waals surface area (Å²) in [6.07, 6.45) is 3.78. The van der Waals surface area contributed by atoms with E-state index in [1.54, 1.807) is 17.9 Å². The topological polar surface area (TPSA) is 62.6 Å². The van der Waals surface area contributed by atoms with Crippen LogP contribution < -0.4 is 5.32 Å². The number of hydrogen-bond donors (Lipinski definition) is 1. The minimum absolute atomic E-state index is 0.0274. The lowest BCUT2D eigenvalue weighted by atomic mass is 9.96. The highest BCUT2D eigenvalue weighted by Gasteiger charge is 2.30. The first kappa shape index (κ1) is 16.6. The maximum Gasteiger partial charge on any atom is 0.257 e. The Hall–Kier alpha value is -1.78. The number of hydrogen-bond acceptors (Lipinski definition) is 3. The molecule has 1 N–H and O–H groups in total. The van der Waals surface area contributed by atoms with Crippen LogP contribution in [0.1, 0.15) is 54.5 Å². The average Bonchev–Trinajstić information content (AvgIpc) is 2.85. The van der Waals surface area contributed by atoms with Crippen molar-refractivity contribution in [1.82, 2.24) is 10.2 Å². The zero-order valence-corrected chi connectivity index (χ0v) is 13.8. The molecule has 1 saturated heterocycles. The molecule has 0 aliphatic carbocycles. The van der Waals surface area contributed by atoms with Crippen molar-refractivity contribution >= 4 is 11.8 Å². The van der Waals surface area contributed by atoms with Crippen molar-refractivity contribution in [3.05, 3.63) is 23.2 Å². The quantitative estimate of drug-likeness (QED) is 0.851. The molecule has 0 saturated carbocycles. The monoisotopic (exact) mass is 306 g/mol. The Labute approximate surface area is 132 Å². The highest BCUT2D eigenvalue weighted by atomic mass is 16.3. The maximum atomic E-state index is 12.6. The number of unbranched alkanes of at least 4 members (excludes halogenated alkanes) is 1. The van der Waals surface area contributed by atoms with Gasteiger partial charge in [-0.15, -0.1) is 0 Å². The van der Waals surface area contributed by atoms with Gasteiger partial charge in [-0.3, -0.25) is 9.59 Å². The Bertz CT molecular complexity index is 536. The molecule has 0 spiro atoms. The average molecular weight is 306 g/mol. The molecule has 122 valence electrons. The van der Waals surface area contributed by atoms with E-state index in [4.69, 9.17) is 4.42 Å². The van der Waals surface area contributed by atoms with Crippen LogP contribution in [0.5, 0.6) is 0 Å². The molecule has 5 heteroatoms. The fraction of sp³-hybridized carbons (Fsp3) is 0.647. The van der Waals surface area contributed by atoms with Crippen LogP contribution in [-0.4, -0.2) is 36.3 Å². The summed E-state index contributed by atoms with van der Waals surface area (Å²) in [5.41, 5.74) is 0.615. The van der Waals surface area contributed by atoms with Crippen molar-refractivity contribution in [2.75, 3.05) is 19.6 Å². The third kappa shape index (κ3) is 3.90. The van der Waals surface area contributed by atoms with E-state index in [1.807, 2.05) is 6.92 Å². The lowest BCUT2D eigenvalue weighted by molar-refractivity contribution is -0.126. The van der Waals surface area contributed by atoms with Crippen LogP contribution in [0.4, 0.5) is 0 Å². The highest BCUT2D eigenvalue weighted by molar-refractivity contribution is 5.95. The summed E-state index contributed by atoms with van der Waals surface area (Å²) < 4.78 is 5.44. The maximum absolute atomic E-state index is 12.6. The third-order valence-corrected chi connectivity index (χ3v) is 4.18. The number of amides is 2. The second-order valence-corrected chi connectivity index (χ2v) is 6.06. The predicted molar refractivity (Wildman–Crippen MR) is 84.7 cm³/mol. The summed E-state index contributed by atoms with van der Waals surface area (Å²) in [5.74, 6) is 1.35. The highest BCUT2D eigenvalue weighted by Crippen LogP contribution is 2.21. The van der Waals surface area contributed by atoms with E-state index in [1.165, 1.54) is 0 Å². The number of carbonyl (C=O) groups is 2. The number of likely N-dealkylation sites (tertiary alicyclic amines) is 1. The van der Waals surface area contributed by atoms with Gasteiger partial charge in [0.05, 0.1) is 11.5 Å². The van der Waals surface area contributed by atoms with E-state index in [-0.39, 0.29) is 17.7 Å². The van der Waals surface area contributed by atoms with Crippen LogP contribution in [0.2, 0.25) is 0 Å². The van der Waals surface area contributed by atoms with Crippen molar-refractivity contribution in [2.45, 2.75) is 46.5 Å². The van der Waals surface area contributed by atoms with Crippen LogP contribution in [0.15, 0.2) is 10.5 Å². The molecule has 1 aromatic rings. The summed E-state index contributed by atoms with van der Waals surface area (Å²) in [7, 11) is 0. The normalized spacial score (nSPS) is 18.3. The number of carbonyl (C=O) groups excluding carboxylic acids is 2. The van der Waals surface area contributed by atoms with Gasteiger partial charge in [0.15, 0.2) is 0 Å².